The number of aliphatic hydroxyl groups excluding tert-OH is 1. The molecule has 0 spiro atoms. The summed E-state index contributed by atoms with van der Waals surface area (Å²) < 4.78 is 2.04. The highest BCUT2D eigenvalue weighted by atomic mass is 16.3. The highest BCUT2D eigenvalue weighted by Crippen LogP contribution is 2.35. The van der Waals surface area contributed by atoms with E-state index in [9.17, 15) is 5.11 Å². The molecule has 0 radical (unpaired) electrons. The van der Waals surface area contributed by atoms with E-state index in [4.69, 9.17) is 0 Å². The summed E-state index contributed by atoms with van der Waals surface area (Å²) in [4.78, 5) is 4.26. The van der Waals surface area contributed by atoms with Gasteiger partial charge in [0.15, 0.2) is 0 Å². The summed E-state index contributed by atoms with van der Waals surface area (Å²) >= 11 is 0. The molecule has 0 fully saturated rings. The van der Waals surface area contributed by atoms with Crippen LogP contribution in [0.2, 0.25) is 0 Å². The second-order valence-corrected chi connectivity index (χ2v) is 4.72. The molecular formula is C12H22N2O. The lowest BCUT2D eigenvalue weighted by Gasteiger charge is -2.29. The van der Waals surface area contributed by atoms with E-state index in [-0.39, 0.29) is 5.41 Å². The molecule has 1 atom stereocenters. The van der Waals surface area contributed by atoms with Crippen molar-refractivity contribution < 1.29 is 5.11 Å². The molecule has 1 aromatic rings. The lowest BCUT2D eigenvalue weighted by molar-refractivity contribution is 0.0363. The number of aryl methyl sites for hydroxylation is 1. The van der Waals surface area contributed by atoms with Crippen molar-refractivity contribution in [2.24, 2.45) is 5.41 Å². The van der Waals surface area contributed by atoms with Crippen LogP contribution in [0.25, 0.3) is 0 Å². The van der Waals surface area contributed by atoms with Crippen molar-refractivity contribution in [1.82, 2.24) is 9.55 Å². The topological polar surface area (TPSA) is 38.0 Å². The van der Waals surface area contributed by atoms with Crippen LogP contribution in [-0.4, -0.2) is 14.7 Å². The molecule has 1 N–H and O–H groups in total. The Kier molecular flexibility index (Phi) is 3.91. The molecule has 0 saturated heterocycles. The van der Waals surface area contributed by atoms with Gasteiger partial charge in [-0.15, -0.1) is 0 Å². The van der Waals surface area contributed by atoms with Crippen LogP contribution in [0.4, 0.5) is 0 Å². The second-order valence-electron chi connectivity index (χ2n) is 4.72. The molecule has 0 aliphatic heterocycles. The Bertz CT molecular complexity index is 304. The van der Waals surface area contributed by atoms with Gasteiger partial charge in [0.05, 0.1) is 0 Å². The van der Waals surface area contributed by atoms with Gasteiger partial charge in [-0.25, -0.2) is 4.98 Å². The van der Waals surface area contributed by atoms with Gasteiger partial charge in [0.1, 0.15) is 11.9 Å². The quantitative estimate of drug-likeness (QED) is 0.811. The molecule has 0 aromatic carbocycles. The standard InChI is InChI=1S/C12H22N2O/c1-5-8-14-9-7-13-11(14)10(15)12(3,4)6-2/h7,9-10,15H,5-6,8H2,1-4H3. The van der Waals surface area contributed by atoms with Crippen molar-refractivity contribution in [1.29, 1.82) is 0 Å². The summed E-state index contributed by atoms with van der Waals surface area (Å²) in [6.07, 6.45) is 5.22. The van der Waals surface area contributed by atoms with Crippen LogP contribution in [0, 0.1) is 5.41 Å². The van der Waals surface area contributed by atoms with E-state index >= 15 is 0 Å². The Hall–Kier alpha value is -0.830. The number of aliphatic hydroxyl groups is 1. The molecule has 1 rings (SSSR count). The molecule has 1 heterocycles. The minimum absolute atomic E-state index is 0.114. The van der Waals surface area contributed by atoms with E-state index < -0.39 is 6.10 Å². The van der Waals surface area contributed by atoms with E-state index in [0.717, 1.165) is 25.2 Å². The Labute approximate surface area is 92.1 Å². The maximum atomic E-state index is 10.3. The number of hydrogen-bond acceptors (Lipinski definition) is 2. The van der Waals surface area contributed by atoms with Crippen molar-refractivity contribution in [2.45, 2.75) is 53.2 Å². The molecule has 0 aliphatic rings. The van der Waals surface area contributed by atoms with Gasteiger partial charge in [0, 0.05) is 18.9 Å². The average Bonchev–Trinajstić information content (AvgIpc) is 2.65. The number of imidazole rings is 1. The van der Waals surface area contributed by atoms with E-state index in [0.29, 0.717) is 0 Å². The van der Waals surface area contributed by atoms with Gasteiger partial charge in [-0.3, -0.25) is 0 Å². The zero-order valence-electron chi connectivity index (χ0n) is 10.2. The third-order valence-corrected chi connectivity index (χ3v) is 3.11. The van der Waals surface area contributed by atoms with Crippen LogP contribution in [0.1, 0.15) is 52.5 Å². The van der Waals surface area contributed by atoms with Gasteiger partial charge in [-0.2, -0.15) is 0 Å². The molecule has 0 aliphatic carbocycles. The SMILES string of the molecule is CCCn1ccnc1C(O)C(C)(C)CC. The van der Waals surface area contributed by atoms with Gasteiger partial charge in [0.2, 0.25) is 0 Å². The van der Waals surface area contributed by atoms with Crippen LogP contribution < -0.4 is 0 Å². The fourth-order valence-electron chi connectivity index (χ4n) is 1.54. The van der Waals surface area contributed by atoms with Crippen LogP contribution in [0.15, 0.2) is 12.4 Å². The molecular weight excluding hydrogens is 188 g/mol. The predicted octanol–water partition coefficient (Wildman–Crippen LogP) is 2.76. The highest BCUT2D eigenvalue weighted by Gasteiger charge is 2.30. The summed E-state index contributed by atoms with van der Waals surface area (Å²) in [7, 11) is 0. The summed E-state index contributed by atoms with van der Waals surface area (Å²) in [5.41, 5.74) is -0.114. The van der Waals surface area contributed by atoms with Crippen molar-refractivity contribution >= 4 is 0 Å². The zero-order valence-corrected chi connectivity index (χ0v) is 10.2. The van der Waals surface area contributed by atoms with E-state index in [1.807, 2.05) is 10.8 Å². The summed E-state index contributed by atoms with van der Waals surface area (Å²) in [6, 6.07) is 0. The second kappa shape index (κ2) is 4.79. The molecule has 0 saturated carbocycles. The van der Waals surface area contributed by atoms with Crippen LogP contribution >= 0.6 is 0 Å². The Morgan fingerprint density at radius 2 is 2.13 bits per heavy atom. The smallest absolute Gasteiger partial charge is 0.138 e. The van der Waals surface area contributed by atoms with E-state index in [1.54, 1.807) is 6.20 Å². The number of hydrogen-bond donors (Lipinski definition) is 1. The maximum Gasteiger partial charge on any atom is 0.138 e. The fourth-order valence-corrected chi connectivity index (χ4v) is 1.54. The zero-order chi connectivity index (χ0) is 11.5. The first-order chi connectivity index (χ1) is 7.03. The molecule has 86 valence electrons. The molecule has 0 amide bonds. The van der Waals surface area contributed by atoms with E-state index in [2.05, 4.69) is 32.7 Å². The summed E-state index contributed by atoms with van der Waals surface area (Å²) in [6.45, 7) is 9.29. The summed E-state index contributed by atoms with van der Waals surface area (Å²) in [5.74, 6) is 0.795. The third-order valence-electron chi connectivity index (χ3n) is 3.11. The monoisotopic (exact) mass is 210 g/mol. The highest BCUT2D eigenvalue weighted by molar-refractivity contribution is 5.01. The van der Waals surface area contributed by atoms with Gasteiger partial charge in [-0.05, 0) is 18.3 Å². The Morgan fingerprint density at radius 3 is 2.67 bits per heavy atom. The molecule has 1 aromatic heterocycles. The van der Waals surface area contributed by atoms with Crippen molar-refractivity contribution in [3.05, 3.63) is 18.2 Å². The molecule has 3 nitrogen and oxygen atoms in total. The van der Waals surface area contributed by atoms with Crippen molar-refractivity contribution in [3.8, 4) is 0 Å². The van der Waals surface area contributed by atoms with E-state index in [1.165, 1.54) is 0 Å². The predicted molar refractivity (Wildman–Crippen MR) is 61.5 cm³/mol. The minimum Gasteiger partial charge on any atom is -0.385 e. The fraction of sp³-hybridized carbons (Fsp3) is 0.750. The number of nitrogens with zero attached hydrogens (tertiary/aromatic N) is 2. The maximum absolute atomic E-state index is 10.3. The lowest BCUT2D eigenvalue weighted by atomic mass is 9.83. The molecule has 1 unspecified atom stereocenters. The molecule has 15 heavy (non-hydrogen) atoms. The third kappa shape index (κ3) is 2.59. The minimum atomic E-state index is -0.482. The van der Waals surface area contributed by atoms with Gasteiger partial charge >= 0.3 is 0 Å². The van der Waals surface area contributed by atoms with Gasteiger partial charge in [-0.1, -0.05) is 27.7 Å². The van der Waals surface area contributed by atoms with Crippen LogP contribution in [-0.2, 0) is 6.54 Å². The number of aromatic nitrogens is 2. The van der Waals surface area contributed by atoms with Gasteiger partial charge < -0.3 is 9.67 Å². The van der Waals surface area contributed by atoms with Gasteiger partial charge in [0.25, 0.3) is 0 Å². The van der Waals surface area contributed by atoms with Crippen molar-refractivity contribution in [3.63, 3.8) is 0 Å². The lowest BCUT2D eigenvalue weighted by Crippen LogP contribution is -2.24. The Morgan fingerprint density at radius 1 is 1.47 bits per heavy atom. The molecule has 0 bridgehead atoms. The molecule has 3 heteroatoms. The summed E-state index contributed by atoms with van der Waals surface area (Å²) in [5, 5.41) is 10.3. The first-order valence-electron chi connectivity index (χ1n) is 5.72. The van der Waals surface area contributed by atoms with Crippen LogP contribution in [0.3, 0.4) is 0 Å². The average molecular weight is 210 g/mol. The van der Waals surface area contributed by atoms with Crippen LogP contribution in [0.5, 0.6) is 0 Å². The normalized spacial score (nSPS) is 14.2. The first kappa shape index (κ1) is 12.2. The Balaban J connectivity index is 2.90. The number of rotatable bonds is 5. The van der Waals surface area contributed by atoms with Crippen molar-refractivity contribution in [2.75, 3.05) is 0 Å². The largest absolute Gasteiger partial charge is 0.385 e. The first-order valence-corrected chi connectivity index (χ1v) is 5.72.